The number of halogens is 1. The Hall–Kier alpha value is -1.42. The summed E-state index contributed by atoms with van der Waals surface area (Å²) in [6.07, 6.45) is 2.64. The number of benzene rings is 1. The molecule has 0 spiro atoms. The van der Waals surface area contributed by atoms with Crippen LogP contribution in [0.3, 0.4) is 0 Å². The summed E-state index contributed by atoms with van der Waals surface area (Å²) >= 11 is 6.06. The number of fused-ring (bicyclic) bond motifs is 3. The van der Waals surface area contributed by atoms with E-state index >= 15 is 0 Å². The van der Waals surface area contributed by atoms with Gasteiger partial charge in [0.05, 0.1) is 5.92 Å². The lowest BCUT2D eigenvalue weighted by Gasteiger charge is -2.19. The smallest absolute Gasteiger partial charge is 0.226 e. The minimum absolute atomic E-state index is 0.237. The summed E-state index contributed by atoms with van der Waals surface area (Å²) in [6, 6.07) is 3.66. The van der Waals surface area contributed by atoms with Crippen molar-refractivity contribution in [1.29, 1.82) is 0 Å². The molecule has 18 heavy (non-hydrogen) atoms. The normalized spacial score (nSPS) is 18.8. The first-order valence-corrected chi connectivity index (χ1v) is 6.35. The van der Waals surface area contributed by atoms with Crippen LogP contribution in [0.1, 0.15) is 30.0 Å². The molecule has 1 atom stereocenters. The molecule has 0 aliphatic heterocycles. The maximum Gasteiger partial charge on any atom is 0.226 e. The molecule has 0 bridgehead atoms. The van der Waals surface area contributed by atoms with Gasteiger partial charge in [0.1, 0.15) is 7.85 Å². The van der Waals surface area contributed by atoms with Crippen molar-refractivity contribution < 1.29 is 4.79 Å². The summed E-state index contributed by atoms with van der Waals surface area (Å²) < 4.78 is 0. The third-order valence-electron chi connectivity index (χ3n) is 3.70. The lowest BCUT2D eigenvalue weighted by atomic mass is 9.83. The molecule has 0 fully saturated rings. The Morgan fingerprint density at radius 1 is 1.50 bits per heavy atom. The minimum atomic E-state index is -0.285. The SMILES string of the molecule is [B]c1c(Cl)ccc2[nH]c3c(c12)CCCC3C(N)=O. The van der Waals surface area contributed by atoms with Crippen LogP contribution < -0.4 is 11.2 Å². The van der Waals surface area contributed by atoms with Crippen LogP contribution in [0.4, 0.5) is 0 Å². The number of H-pyrrole nitrogens is 1. The number of rotatable bonds is 1. The molecule has 5 heteroatoms. The molecule has 3 N–H and O–H groups in total. The first kappa shape index (κ1) is 11.7. The van der Waals surface area contributed by atoms with Crippen LogP contribution in [-0.2, 0) is 11.2 Å². The molecular weight excluding hydrogens is 246 g/mol. The van der Waals surface area contributed by atoms with Gasteiger partial charge in [-0.25, -0.2) is 0 Å². The summed E-state index contributed by atoms with van der Waals surface area (Å²) in [6.45, 7) is 0. The number of aromatic amines is 1. The first-order valence-electron chi connectivity index (χ1n) is 5.97. The summed E-state index contributed by atoms with van der Waals surface area (Å²) in [4.78, 5) is 14.8. The fraction of sp³-hybridized carbons (Fsp3) is 0.308. The number of nitrogens with two attached hydrogens (primary N) is 1. The maximum absolute atomic E-state index is 11.5. The molecule has 3 rings (SSSR count). The highest BCUT2D eigenvalue weighted by molar-refractivity contribution is 6.49. The Morgan fingerprint density at radius 2 is 2.28 bits per heavy atom. The summed E-state index contributed by atoms with van der Waals surface area (Å²) in [5.41, 5.74) is 8.97. The Kier molecular flexibility index (Phi) is 2.63. The standard InChI is InChI=1S/C13H12BClN2O/c14-11-8(15)4-5-9-10(11)6-2-1-3-7(13(16)18)12(6)17-9/h4-5,7,17H,1-3H2,(H2,16,18). The molecule has 0 saturated heterocycles. The van der Waals surface area contributed by atoms with Crippen LogP contribution in [-0.4, -0.2) is 18.7 Å². The molecule has 0 saturated carbocycles. The molecule has 90 valence electrons. The van der Waals surface area contributed by atoms with Gasteiger partial charge in [0.15, 0.2) is 0 Å². The predicted octanol–water partition coefficient (Wildman–Crippen LogP) is 1.52. The van der Waals surface area contributed by atoms with E-state index in [0.29, 0.717) is 10.5 Å². The second-order valence-electron chi connectivity index (χ2n) is 4.75. The number of carbonyl (C=O) groups excluding carboxylic acids is 1. The van der Waals surface area contributed by atoms with Crippen molar-refractivity contribution in [2.24, 2.45) is 5.73 Å². The first-order chi connectivity index (χ1) is 8.59. The van der Waals surface area contributed by atoms with E-state index in [1.807, 2.05) is 6.07 Å². The van der Waals surface area contributed by atoms with Gasteiger partial charge in [0.25, 0.3) is 0 Å². The fourth-order valence-corrected chi connectivity index (χ4v) is 3.00. The molecule has 1 aliphatic carbocycles. The number of nitrogens with one attached hydrogen (secondary N) is 1. The van der Waals surface area contributed by atoms with E-state index < -0.39 is 0 Å². The van der Waals surface area contributed by atoms with Gasteiger partial charge in [0, 0.05) is 16.2 Å². The number of aromatic nitrogens is 1. The average molecular weight is 259 g/mol. The zero-order chi connectivity index (χ0) is 12.9. The number of hydrogen-bond donors (Lipinski definition) is 2. The second kappa shape index (κ2) is 4.06. The van der Waals surface area contributed by atoms with Gasteiger partial charge in [0.2, 0.25) is 5.91 Å². The van der Waals surface area contributed by atoms with Crippen LogP contribution in [0, 0.1) is 0 Å². The van der Waals surface area contributed by atoms with Crippen molar-refractivity contribution in [2.45, 2.75) is 25.2 Å². The van der Waals surface area contributed by atoms with E-state index in [1.165, 1.54) is 0 Å². The number of aryl methyl sites for hydroxylation is 1. The van der Waals surface area contributed by atoms with Gasteiger partial charge in [-0.2, -0.15) is 0 Å². The highest BCUT2D eigenvalue weighted by atomic mass is 35.5. The third kappa shape index (κ3) is 1.56. The molecule has 3 nitrogen and oxygen atoms in total. The Balaban J connectivity index is 2.31. The lowest BCUT2D eigenvalue weighted by Crippen LogP contribution is -2.25. The molecule has 1 amide bonds. The monoisotopic (exact) mass is 258 g/mol. The van der Waals surface area contributed by atoms with E-state index in [1.54, 1.807) is 6.07 Å². The Morgan fingerprint density at radius 3 is 3.00 bits per heavy atom. The van der Waals surface area contributed by atoms with Gasteiger partial charge in [-0.15, -0.1) is 0 Å². The van der Waals surface area contributed by atoms with Crippen molar-refractivity contribution in [2.75, 3.05) is 0 Å². The number of amides is 1. The highest BCUT2D eigenvalue weighted by Gasteiger charge is 2.28. The Labute approximate surface area is 111 Å². The Bertz CT molecular complexity index is 650. The summed E-state index contributed by atoms with van der Waals surface area (Å²) in [5.74, 6) is -0.522. The van der Waals surface area contributed by atoms with Crippen molar-refractivity contribution >= 4 is 41.7 Å². The van der Waals surface area contributed by atoms with E-state index in [-0.39, 0.29) is 11.8 Å². The van der Waals surface area contributed by atoms with Crippen LogP contribution in [0.5, 0.6) is 0 Å². The van der Waals surface area contributed by atoms with E-state index in [2.05, 4.69) is 4.98 Å². The molecule has 1 heterocycles. The van der Waals surface area contributed by atoms with Gasteiger partial charge in [-0.05, 0) is 42.3 Å². The quantitative estimate of drug-likeness (QED) is 0.749. The number of carbonyl (C=O) groups is 1. The summed E-state index contributed by atoms with van der Waals surface area (Å²) in [5, 5.41) is 1.49. The topological polar surface area (TPSA) is 58.9 Å². The second-order valence-corrected chi connectivity index (χ2v) is 5.16. The van der Waals surface area contributed by atoms with Crippen molar-refractivity contribution in [1.82, 2.24) is 4.98 Å². The van der Waals surface area contributed by atoms with Crippen molar-refractivity contribution in [3.05, 3.63) is 28.4 Å². The maximum atomic E-state index is 11.5. The molecule has 1 aromatic carbocycles. The zero-order valence-corrected chi connectivity index (χ0v) is 10.6. The van der Waals surface area contributed by atoms with E-state index in [9.17, 15) is 4.79 Å². The van der Waals surface area contributed by atoms with Crippen LogP contribution in [0.2, 0.25) is 5.02 Å². The van der Waals surface area contributed by atoms with Gasteiger partial charge >= 0.3 is 0 Å². The number of hydrogen-bond acceptors (Lipinski definition) is 1. The van der Waals surface area contributed by atoms with Crippen LogP contribution in [0.15, 0.2) is 12.1 Å². The average Bonchev–Trinajstić information content (AvgIpc) is 2.72. The van der Waals surface area contributed by atoms with E-state index in [0.717, 1.165) is 41.4 Å². The molecule has 1 unspecified atom stereocenters. The molecule has 2 aromatic rings. The van der Waals surface area contributed by atoms with E-state index in [4.69, 9.17) is 25.2 Å². The summed E-state index contributed by atoms with van der Waals surface area (Å²) in [7, 11) is 6.04. The van der Waals surface area contributed by atoms with Crippen molar-refractivity contribution in [3.8, 4) is 0 Å². The third-order valence-corrected chi connectivity index (χ3v) is 4.03. The van der Waals surface area contributed by atoms with Crippen LogP contribution in [0.25, 0.3) is 10.9 Å². The lowest BCUT2D eigenvalue weighted by molar-refractivity contribution is -0.119. The fourth-order valence-electron chi connectivity index (χ4n) is 2.85. The molecule has 1 aliphatic rings. The predicted molar refractivity (Wildman–Crippen MR) is 73.6 cm³/mol. The molecule has 1 aromatic heterocycles. The van der Waals surface area contributed by atoms with Gasteiger partial charge < -0.3 is 10.7 Å². The van der Waals surface area contributed by atoms with Gasteiger partial charge in [-0.1, -0.05) is 17.1 Å². The zero-order valence-electron chi connectivity index (χ0n) is 9.79. The highest BCUT2D eigenvalue weighted by Crippen LogP contribution is 2.35. The molecule has 2 radical (unpaired) electrons. The van der Waals surface area contributed by atoms with Crippen molar-refractivity contribution in [3.63, 3.8) is 0 Å². The molecular formula is C13H12BClN2O. The van der Waals surface area contributed by atoms with Crippen LogP contribution >= 0.6 is 11.6 Å². The largest absolute Gasteiger partial charge is 0.369 e. The minimum Gasteiger partial charge on any atom is -0.369 e. The van der Waals surface area contributed by atoms with Gasteiger partial charge in [-0.3, -0.25) is 4.79 Å². The number of primary amides is 1.